The minimum Gasteiger partial charge on any atom is -0.480 e. The lowest BCUT2D eigenvalue weighted by Crippen LogP contribution is -2.48. The number of carboxylic acid groups (broad SMARTS) is 1. The second-order valence-electron chi connectivity index (χ2n) is 4.21. The van der Waals surface area contributed by atoms with Crippen molar-refractivity contribution in [3.8, 4) is 0 Å². The van der Waals surface area contributed by atoms with E-state index in [1.807, 2.05) is 11.8 Å². The lowest BCUT2D eigenvalue weighted by atomic mass is 9.99. The van der Waals surface area contributed by atoms with Crippen LogP contribution < -0.4 is 0 Å². The number of hydrogen-bond acceptors (Lipinski definition) is 2. The van der Waals surface area contributed by atoms with E-state index in [0.29, 0.717) is 0 Å². The number of rotatable bonds is 4. The minimum atomic E-state index is -0.709. The first-order valence-corrected chi connectivity index (χ1v) is 5.16. The van der Waals surface area contributed by atoms with Crippen molar-refractivity contribution >= 4 is 5.97 Å². The molecule has 0 amide bonds. The highest BCUT2D eigenvalue weighted by Gasteiger charge is 2.42. The largest absolute Gasteiger partial charge is 0.480 e. The second-order valence-corrected chi connectivity index (χ2v) is 4.21. The number of hydrogen-bond donors (Lipinski definition) is 1. The van der Waals surface area contributed by atoms with E-state index < -0.39 is 11.5 Å². The van der Waals surface area contributed by atoms with Gasteiger partial charge in [-0.1, -0.05) is 19.1 Å². The summed E-state index contributed by atoms with van der Waals surface area (Å²) in [4.78, 5) is 13.2. The lowest BCUT2D eigenvalue weighted by Gasteiger charge is -2.31. The lowest BCUT2D eigenvalue weighted by molar-refractivity contribution is -0.148. The number of aliphatic carboxylic acids is 1. The highest BCUT2D eigenvalue weighted by atomic mass is 16.4. The van der Waals surface area contributed by atoms with Crippen LogP contribution in [-0.4, -0.2) is 34.6 Å². The topological polar surface area (TPSA) is 40.5 Å². The molecule has 14 heavy (non-hydrogen) atoms. The maximum atomic E-state index is 11.1. The van der Waals surface area contributed by atoms with Gasteiger partial charge < -0.3 is 5.11 Å². The molecule has 0 aromatic heterocycles. The summed E-state index contributed by atoms with van der Waals surface area (Å²) in [6.45, 7) is 9.39. The third-order valence-electron chi connectivity index (χ3n) is 3.16. The number of carbonyl (C=O) groups is 1. The molecule has 0 aromatic carbocycles. The molecular formula is C11H19NO2. The monoisotopic (exact) mass is 197 g/mol. The molecule has 0 saturated carbocycles. The Labute approximate surface area is 85.4 Å². The Morgan fingerprint density at radius 2 is 2.29 bits per heavy atom. The fraction of sp³-hybridized carbons (Fsp3) is 0.727. The van der Waals surface area contributed by atoms with Gasteiger partial charge in [-0.05, 0) is 32.7 Å². The number of carboxylic acids is 1. The van der Waals surface area contributed by atoms with Gasteiger partial charge in [0.25, 0.3) is 0 Å². The van der Waals surface area contributed by atoms with Gasteiger partial charge in [0.15, 0.2) is 0 Å². The molecule has 0 aromatic rings. The van der Waals surface area contributed by atoms with Crippen molar-refractivity contribution in [2.24, 2.45) is 0 Å². The van der Waals surface area contributed by atoms with Gasteiger partial charge in [-0.3, -0.25) is 9.69 Å². The van der Waals surface area contributed by atoms with Gasteiger partial charge in [0.1, 0.15) is 5.54 Å². The quantitative estimate of drug-likeness (QED) is 0.700. The Balaban J connectivity index is 2.68. The van der Waals surface area contributed by atoms with Gasteiger partial charge in [-0.15, -0.1) is 0 Å². The molecule has 1 aliphatic heterocycles. The van der Waals surface area contributed by atoms with Crippen LogP contribution in [0.3, 0.4) is 0 Å². The van der Waals surface area contributed by atoms with E-state index in [0.717, 1.165) is 37.9 Å². The molecule has 1 unspecified atom stereocenters. The van der Waals surface area contributed by atoms with Crippen LogP contribution in [0.25, 0.3) is 0 Å². The van der Waals surface area contributed by atoms with Gasteiger partial charge in [0.2, 0.25) is 0 Å². The van der Waals surface area contributed by atoms with Crippen LogP contribution in [0.5, 0.6) is 0 Å². The van der Waals surface area contributed by atoms with Crippen LogP contribution in [-0.2, 0) is 4.79 Å². The third-order valence-corrected chi connectivity index (χ3v) is 3.16. The fourth-order valence-electron chi connectivity index (χ4n) is 1.90. The molecule has 1 atom stereocenters. The summed E-state index contributed by atoms with van der Waals surface area (Å²) in [6.07, 6.45) is 2.64. The summed E-state index contributed by atoms with van der Waals surface area (Å²) in [5, 5.41) is 9.16. The minimum absolute atomic E-state index is 0.669. The summed E-state index contributed by atoms with van der Waals surface area (Å²) in [6, 6.07) is 0. The molecule has 0 bridgehead atoms. The van der Waals surface area contributed by atoms with E-state index in [1.54, 1.807) is 0 Å². The summed E-state index contributed by atoms with van der Waals surface area (Å²) in [7, 11) is 0. The molecule has 1 saturated heterocycles. The molecule has 1 heterocycles. The standard InChI is InChI=1S/C11H19NO2/c1-4-9(2)8-12-7-5-6-11(12,3)10(13)14/h2,4-8H2,1,3H3,(H,13,14). The van der Waals surface area contributed by atoms with Crippen molar-refractivity contribution in [2.45, 2.75) is 38.6 Å². The first-order chi connectivity index (χ1) is 6.50. The van der Waals surface area contributed by atoms with Crippen LogP contribution in [0.4, 0.5) is 0 Å². The average Bonchev–Trinajstić information content (AvgIpc) is 2.49. The van der Waals surface area contributed by atoms with Gasteiger partial charge in [-0.2, -0.15) is 0 Å². The van der Waals surface area contributed by atoms with E-state index in [1.165, 1.54) is 0 Å². The number of likely N-dealkylation sites (tertiary alicyclic amines) is 1. The molecule has 0 aliphatic carbocycles. The highest BCUT2D eigenvalue weighted by molar-refractivity contribution is 5.78. The van der Waals surface area contributed by atoms with Crippen LogP contribution in [0.1, 0.15) is 33.1 Å². The summed E-state index contributed by atoms with van der Waals surface area (Å²) in [5.74, 6) is -0.709. The zero-order valence-electron chi connectivity index (χ0n) is 9.05. The molecule has 1 fully saturated rings. The van der Waals surface area contributed by atoms with Crippen LogP contribution in [0.2, 0.25) is 0 Å². The molecule has 1 N–H and O–H groups in total. The second kappa shape index (κ2) is 4.13. The van der Waals surface area contributed by atoms with Crippen molar-refractivity contribution in [1.29, 1.82) is 0 Å². The van der Waals surface area contributed by atoms with Crippen molar-refractivity contribution in [3.63, 3.8) is 0 Å². The zero-order chi connectivity index (χ0) is 10.8. The molecule has 0 spiro atoms. The molecule has 3 nitrogen and oxygen atoms in total. The van der Waals surface area contributed by atoms with Crippen LogP contribution in [0, 0.1) is 0 Å². The van der Waals surface area contributed by atoms with Gasteiger partial charge >= 0.3 is 5.97 Å². The maximum absolute atomic E-state index is 11.1. The Bertz CT molecular complexity index is 250. The summed E-state index contributed by atoms with van der Waals surface area (Å²) >= 11 is 0. The molecule has 0 radical (unpaired) electrons. The maximum Gasteiger partial charge on any atom is 0.323 e. The average molecular weight is 197 g/mol. The van der Waals surface area contributed by atoms with Crippen molar-refractivity contribution in [3.05, 3.63) is 12.2 Å². The highest BCUT2D eigenvalue weighted by Crippen LogP contribution is 2.29. The summed E-state index contributed by atoms with van der Waals surface area (Å²) in [5.41, 5.74) is 0.442. The first kappa shape index (κ1) is 11.2. The van der Waals surface area contributed by atoms with E-state index >= 15 is 0 Å². The van der Waals surface area contributed by atoms with Crippen molar-refractivity contribution < 1.29 is 9.90 Å². The third kappa shape index (κ3) is 1.98. The Kier molecular flexibility index (Phi) is 3.32. The van der Waals surface area contributed by atoms with E-state index in [-0.39, 0.29) is 0 Å². The first-order valence-electron chi connectivity index (χ1n) is 5.16. The zero-order valence-corrected chi connectivity index (χ0v) is 9.05. The van der Waals surface area contributed by atoms with E-state index in [4.69, 9.17) is 5.11 Å². The van der Waals surface area contributed by atoms with Gasteiger partial charge in [-0.25, -0.2) is 0 Å². The number of nitrogens with zero attached hydrogens (tertiary/aromatic N) is 1. The SMILES string of the molecule is C=C(CC)CN1CCCC1(C)C(=O)O. The molecule has 1 aliphatic rings. The molecule has 1 rings (SSSR count). The van der Waals surface area contributed by atoms with Crippen LogP contribution >= 0.6 is 0 Å². The predicted molar refractivity (Wildman–Crippen MR) is 56.3 cm³/mol. The molecule has 3 heteroatoms. The molecular weight excluding hydrogens is 178 g/mol. The summed E-state index contributed by atoms with van der Waals surface area (Å²) < 4.78 is 0. The Morgan fingerprint density at radius 3 is 2.79 bits per heavy atom. The fourth-order valence-corrected chi connectivity index (χ4v) is 1.90. The predicted octanol–water partition coefficient (Wildman–Crippen LogP) is 1.89. The van der Waals surface area contributed by atoms with Crippen LogP contribution in [0.15, 0.2) is 12.2 Å². The molecule has 80 valence electrons. The van der Waals surface area contributed by atoms with Crippen molar-refractivity contribution in [1.82, 2.24) is 4.90 Å². The van der Waals surface area contributed by atoms with Crippen molar-refractivity contribution in [2.75, 3.05) is 13.1 Å². The normalized spacial score (nSPS) is 27.9. The van der Waals surface area contributed by atoms with Gasteiger partial charge in [0, 0.05) is 6.54 Å². The van der Waals surface area contributed by atoms with E-state index in [9.17, 15) is 4.79 Å². The smallest absolute Gasteiger partial charge is 0.323 e. The Morgan fingerprint density at radius 1 is 1.64 bits per heavy atom. The van der Waals surface area contributed by atoms with E-state index in [2.05, 4.69) is 13.5 Å². The Hall–Kier alpha value is -0.830. The van der Waals surface area contributed by atoms with Gasteiger partial charge in [0.05, 0.1) is 0 Å².